The Balaban J connectivity index is 1.79. The van der Waals surface area contributed by atoms with Crippen LogP contribution in [0.5, 0.6) is 0 Å². The number of nitrogens with zero attached hydrogens (tertiary/aromatic N) is 2. The van der Waals surface area contributed by atoms with E-state index in [2.05, 4.69) is 12.0 Å². The quantitative estimate of drug-likeness (QED) is 0.739. The first-order valence-corrected chi connectivity index (χ1v) is 8.01. The summed E-state index contributed by atoms with van der Waals surface area (Å²) in [6.07, 6.45) is 11.2. The first kappa shape index (κ1) is 13.7. The van der Waals surface area contributed by atoms with Gasteiger partial charge in [-0.2, -0.15) is 16.9 Å². The standard InChI is InChI=1S/C14H22N2OS/c1-2-8-16-10-12(9-15-16)14(17)11-18-13-6-4-3-5-7-13/h9-10,13H,2-8,11H2,1H3. The fraction of sp³-hybridized carbons (Fsp3) is 0.714. The Kier molecular flexibility index (Phi) is 5.29. The molecule has 0 amide bonds. The minimum Gasteiger partial charge on any atom is -0.293 e. The molecule has 0 aromatic carbocycles. The van der Waals surface area contributed by atoms with Gasteiger partial charge in [-0.15, -0.1) is 0 Å². The fourth-order valence-corrected chi connectivity index (χ4v) is 3.59. The van der Waals surface area contributed by atoms with E-state index in [1.807, 2.05) is 22.6 Å². The van der Waals surface area contributed by atoms with Crippen LogP contribution in [-0.4, -0.2) is 26.6 Å². The summed E-state index contributed by atoms with van der Waals surface area (Å²) in [5.74, 6) is 0.843. The van der Waals surface area contributed by atoms with E-state index in [9.17, 15) is 4.79 Å². The minimum absolute atomic E-state index is 0.230. The van der Waals surface area contributed by atoms with E-state index < -0.39 is 0 Å². The highest BCUT2D eigenvalue weighted by atomic mass is 32.2. The van der Waals surface area contributed by atoms with Crippen LogP contribution in [0.15, 0.2) is 12.4 Å². The predicted octanol–water partition coefficient (Wildman–Crippen LogP) is 3.54. The monoisotopic (exact) mass is 266 g/mol. The number of ketones is 1. The van der Waals surface area contributed by atoms with Gasteiger partial charge in [0.25, 0.3) is 0 Å². The van der Waals surface area contributed by atoms with Gasteiger partial charge >= 0.3 is 0 Å². The summed E-state index contributed by atoms with van der Waals surface area (Å²) >= 11 is 1.84. The smallest absolute Gasteiger partial charge is 0.175 e. The van der Waals surface area contributed by atoms with E-state index in [1.54, 1.807) is 6.20 Å². The average Bonchev–Trinajstić information content (AvgIpc) is 2.86. The third-order valence-electron chi connectivity index (χ3n) is 3.41. The molecule has 0 aliphatic heterocycles. The summed E-state index contributed by atoms with van der Waals surface area (Å²) in [5.41, 5.74) is 0.770. The number of hydrogen-bond acceptors (Lipinski definition) is 3. The third-order valence-corrected chi connectivity index (χ3v) is 4.78. The predicted molar refractivity (Wildman–Crippen MR) is 76.2 cm³/mol. The molecule has 0 unspecified atom stereocenters. The number of hydrogen-bond donors (Lipinski definition) is 0. The van der Waals surface area contributed by atoms with Crippen molar-refractivity contribution in [3.8, 4) is 0 Å². The largest absolute Gasteiger partial charge is 0.293 e. The van der Waals surface area contributed by atoms with Crippen LogP contribution in [0.2, 0.25) is 0 Å². The summed E-state index contributed by atoms with van der Waals surface area (Å²) in [7, 11) is 0. The van der Waals surface area contributed by atoms with Gasteiger partial charge in [0.2, 0.25) is 0 Å². The third kappa shape index (κ3) is 3.87. The van der Waals surface area contributed by atoms with Crippen molar-refractivity contribution in [2.24, 2.45) is 0 Å². The molecule has 1 aromatic heterocycles. The lowest BCUT2D eigenvalue weighted by Crippen LogP contribution is -2.12. The van der Waals surface area contributed by atoms with E-state index in [-0.39, 0.29) is 5.78 Å². The van der Waals surface area contributed by atoms with Crippen LogP contribution in [0.25, 0.3) is 0 Å². The molecule has 0 N–H and O–H groups in total. The summed E-state index contributed by atoms with van der Waals surface area (Å²) in [6.45, 7) is 3.01. The maximum Gasteiger partial charge on any atom is 0.175 e. The summed E-state index contributed by atoms with van der Waals surface area (Å²) in [4.78, 5) is 12.0. The molecule has 1 aliphatic rings. The second-order valence-corrected chi connectivity index (χ2v) is 6.27. The number of Topliss-reactive ketones (excluding diaryl/α,β-unsaturated/α-hetero) is 1. The van der Waals surface area contributed by atoms with E-state index in [0.29, 0.717) is 11.0 Å². The second kappa shape index (κ2) is 6.98. The number of thioether (sulfide) groups is 1. The Morgan fingerprint density at radius 3 is 2.94 bits per heavy atom. The number of carbonyl (C=O) groups is 1. The molecular formula is C14H22N2OS. The van der Waals surface area contributed by atoms with Crippen LogP contribution in [0.3, 0.4) is 0 Å². The molecular weight excluding hydrogens is 244 g/mol. The van der Waals surface area contributed by atoms with Gasteiger partial charge in [0.1, 0.15) is 0 Å². The molecule has 1 aliphatic carbocycles. The molecule has 100 valence electrons. The molecule has 1 aromatic rings. The Morgan fingerprint density at radius 2 is 2.22 bits per heavy atom. The van der Waals surface area contributed by atoms with Crippen molar-refractivity contribution < 1.29 is 4.79 Å². The molecule has 1 heterocycles. The molecule has 0 bridgehead atoms. The zero-order chi connectivity index (χ0) is 12.8. The number of aryl methyl sites for hydroxylation is 1. The van der Waals surface area contributed by atoms with Crippen LogP contribution >= 0.6 is 11.8 Å². The van der Waals surface area contributed by atoms with Crippen molar-refractivity contribution in [3.63, 3.8) is 0 Å². The Bertz CT molecular complexity index is 383. The molecule has 0 radical (unpaired) electrons. The summed E-state index contributed by atoms with van der Waals surface area (Å²) < 4.78 is 1.86. The number of aromatic nitrogens is 2. The maximum absolute atomic E-state index is 12.0. The van der Waals surface area contributed by atoms with Crippen LogP contribution < -0.4 is 0 Å². The van der Waals surface area contributed by atoms with Crippen molar-refractivity contribution in [1.82, 2.24) is 9.78 Å². The lowest BCUT2D eigenvalue weighted by Gasteiger charge is -2.20. The molecule has 18 heavy (non-hydrogen) atoms. The van der Waals surface area contributed by atoms with Crippen LogP contribution in [-0.2, 0) is 6.54 Å². The summed E-state index contributed by atoms with van der Waals surface area (Å²) in [6, 6.07) is 0. The highest BCUT2D eigenvalue weighted by Crippen LogP contribution is 2.28. The first-order valence-electron chi connectivity index (χ1n) is 6.97. The SMILES string of the molecule is CCCn1cc(C(=O)CSC2CCCCC2)cn1. The van der Waals surface area contributed by atoms with Gasteiger partial charge in [0, 0.05) is 18.0 Å². The van der Waals surface area contributed by atoms with Gasteiger partial charge in [-0.25, -0.2) is 0 Å². The summed E-state index contributed by atoms with van der Waals surface area (Å²) in [5, 5.41) is 4.91. The lowest BCUT2D eigenvalue weighted by atomic mass is 10.0. The van der Waals surface area contributed by atoms with Gasteiger partial charge < -0.3 is 0 Å². The van der Waals surface area contributed by atoms with Gasteiger partial charge in [0.15, 0.2) is 5.78 Å². The first-order chi connectivity index (χ1) is 8.79. The van der Waals surface area contributed by atoms with E-state index in [4.69, 9.17) is 0 Å². The van der Waals surface area contributed by atoms with Gasteiger partial charge in [-0.3, -0.25) is 9.48 Å². The van der Waals surface area contributed by atoms with Crippen LogP contribution in [0, 0.1) is 0 Å². The molecule has 0 atom stereocenters. The van der Waals surface area contributed by atoms with Gasteiger partial charge in [0.05, 0.1) is 17.5 Å². The lowest BCUT2D eigenvalue weighted by molar-refractivity contribution is 0.102. The molecule has 4 heteroatoms. The number of rotatable bonds is 6. The second-order valence-electron chi connectivity index (χ2n) is 4.99. The van der Waals surface area contributed by atoms with Crippen molar-refractivity contribution in [2.45, 2.75) is 57.2 Å². The average molecular weight is 266 g/mol. The molecule has 1 fully saturated rings. The topological polar surface area (TPSA) is 34.9 Å². The highest BCUT2D eigenvalue weighted by molar-refractivity contribution is 8.00. The highest BCUT2D eigenvalue weighted by Gasteiger charge is 2.16. The van der Waals surface area contributed by atoms with E-state index in [0.717, 1.165) is 18.5 Å². The van der Waals surface area contributed by atoms with Crippen molar-refractivity contribution >= 4 is 17.5 Å². The van der Waals surface area contributed by atoms with Gasteiger partial charge in [-0.1, -0.05) is 26.2 Å². The zero-order valence-electron chi connectivity index (χ0n) is 11.1. The normalized spacial score (nSPS) is 16.9. The van der Waals surface area contributed by atoms with E-state index in [1.165, 1.54) is 32.1 Å². The van der Waals surface area contributed by atoms with Crippen LogP contribution in [0.4, 0.5) is 0 Å². The van der Waals surface area contributed by atoms with Crippen molar-refractivity contribution in [1.29, 1.82) is 0 Å². The van der Waals surface area contributed by atoms with Crippen molar-refractivity contribution in [2.75, 3.05) is 5.75 Å². The van der Waals surface area contributed by atoms with E-state index >= 15 is 0 Å². The maximum atomic E-state index is 12.0. The van der Waals surface area contributed by atoms with Gasteiger partial charge in [-0.05, 0) is 19.3 Å². The molecule has 1 saturated carbocycles. The molecule has 0 saturated heterocycles. The molecule has 3 nitrogen and oxygen atoms in total. The minimum atomic E-state index is 0.230. The zero-order valence-corrected chi connectivity index (χ0v) is 11.9. The Morgan fingerprint density at radius 1 is 1.44 bits per heavy atom. The Labute approximate surface area is 113 Å². The van der Waals surface area contributed by atoms with Crippen molar-refractivity contribution in [3.05, 3.63) is 18.0 Å². The number of carbonyl (C=O) groups excluding carboxylic acids is 1. The Hall–Kier alpha value is -0.770. The molecule has 2 rings (SSSR count). The van der Waals surface area contributed by atoms with Crippen LogP contribution in [0.1, 0.15) is 55.8 Å². The molecule has 0 spiro atoms. The fourth-order valence-electron chi connectivity index (χ4n) is 2.37.